The van der Waals surface area contributed by atoms with Crippen molar-refractivity contribution in [3.63, 3.8) is 0 Å². The van der Waals surface area contributed by atoms with E-state index in [-0.39, 0.29) is 0 Å². The fourth-order valence-corrected chi connectivity index (χ4v) is 2.32. The molecule has 1 aliphatic heterocycles. The first-order valence-electron chi connectivity index (χ1n) is 6.31. The van der Waals surface area contributed by atoms with Crippen molar-refractivity contribution in [2.75, 3.05) is 13.1 Å². The molecule has 18 heavy (non-hydrogen) atoms. The number of nitrogens with zero attached hydrogens (tertiary/aromatic N) is 1. The third-order valence-corrected chi connectivity index (χ3v) is 3.20. The summed E-state index contributed by atoms with van der Waals surface area (Å²) < 4.78 is 0. The Hall–Kier alpha value is -1.71. The van der Waals surface area contributed by atoms with Crippen LogP contribution in [0.25, 0.3) is 11.3 Å². The van der Waals surface area contributed by atoms with E-state index in [2.05, 4.69) is 27.8 Å². The molecule has 1 saturated heterocycles. The molecule has 2 heterocycles. The molecule has 3 heteroatoms. The average Bonchev–Trinajstić information content (AvgIpc) is 2.93. The largest absolute Gasteiger partial charge is 0.300 e. The van der Waals surface area contributed by atoms with Crippen LogP contribution in [0.4, 0.5) is 0 Å². The zero-order chi connectivity index (χ0) is 12.2. The molecule has 0 atom stereocenters. The zero-order valence-electron chi connectivity index (χ0n) is 10.2. The third-order valence-electron chi connectivity index (χ3n) is 3.20. The molecule has 1 fully saturated rings. The Morgan fingerprint density at radius 1 is 1.17 bits per heavy atom. The van der Waals surface area contributed by atoms with E-state index in [4.69, 9.17) is 0 Å². The first-order chi connectivity index (χ1) is 8.93. The molecule has 0 amide bonds. The topological polar surface area (TPSA) is 37.0 Å². The van der Waals surface area contributed by atoms with Crippen LogP contribution in [0, 0.1) is 6.07 Å². The molecule has 0 bridgehead atoms. The molecule has 0 aliphatic carbocycles. The lowest BCUT2D eigenvalue weighted by Crippen LogP contribution is -2.33. The summed E-state index contributed by atoms with van der Waals surface area (Å²) >= 11 is 0. The van der Waals surface area contributed by atoms with Gasteiger partial charge < -0.3 is 10.6 Å². The van der Waals surface area contributed by atoms with E-state index < -0.39 is 0 Å². The lowest BCUT2D eigenvalue weighted by atomic mass is 10.0. The number of hydrogen-bond donors (Lipinski definition) is 2. The molecule has 2 aromatic rings. The van der Waals surface area contributed by atoms with Gasteiger partial charge in [-0.25, -0.2) is 0 Å². The van der Waals surface area contributed by atoms with Gasteiger partial charge in [0.05, 0.1) is 11.9 Å². The van der Waals surface area contributed by atoms with Crippen LogP contribution in [0.5, 0.6) is 0 Å². The number of benzene rings is 1. The minimum Gasteiger partial charge on any atom is -0.300 e. The molecular formula is C15H16N3. The average molecular weight is 238 g/mol. The van der Waals surface area contributed by atoms with Crippen LogP contribution >= 0.6 is 0 Å². The smallest absolute Gasteiger partial charge is 0.0704 e. The van der Waals surface area contributed by atoms with Crippen molar-refractivity contribution in [1.82, 2.24) is 15.6 Å². The second-order valence-electron chi connectivity index (χ2n) is 4.44. The van der Waals surface area contributed by atoms with Crippen LogP contribution in [0.3, 0.4) is 0 Å². The van der Waals surface area contributed by atoms with Gasteiger partial charge >= 0.3 is 0 Å². The highest BCUT2D eigenvalue weighted by atomic mass is 15.2. The number of rotatable bonds is 3. The predicted molar refractivity (Wildman–Crippen MR) is 72.0 cm³/mol. The normalized spacial score (nSPS) is 16.0. The van der Waals surface area contributed by atoms with Gasteiger partial charge in [0.15, 0.2) is 0 Å². The molecule has 1 radical (unpaired) electrons. The van der Waals surface area contributed by atoms with E-state index >= 15 is 0 Å². The first-order valence-corrected chi connectivity index (χ1v) is 6.31. The van der Waals surface area contributed by atoms with Gasteiger partial charge in [0.1, 0.15) is 0 Å². The van der Waals surface area contributed by atoms with Gasteiger partial charge in [0.25, 0.3) is 0 Å². The molecule has 3 rings (SSSR count). The van der Waals surface area contributed by atoms with Crippen molar-refractivity contribution in [1.29, 1.82) is 0 Å². The summed E-state index contributed by atoms with van der Waals surface area (Å²) in [5.74, 6) is 0. The van der Waals surface area contributed by atoms with Crippen LogP contribution in [-0.4, -0.2) is 24.2 Å². The summed E-state index contributed by atoms with van der Waals surface area (Å²) in [6.45, 7) is 2.08. The number of nitrogens with one attached hydrogen (secondary N) is 2. The summed E-state index contributed by atoms with van der Waals surface area (Å²) in [5, 5.41) is 6.86. The Labute approximate surface area is 107 Å². The summed E-state index contributed by atoms with van der Waals surface area (Å²) in [6, 6.07) is 15.4. The fourth-order valence-electron chi connectivity index (χ4n) is 2.32. The summed E-state index contributed by atoms with van der Waals surface area (Å²) in [6.07, 6.45) is 3.12. The maximum Gasteiger partial charge on any atom is 0.0704 e. The zero-order valence-corrected chi connectivity index (χ0v) is 10.2. The molecule has 1 aliphatic rings. The summed E-state index contributed by atoms with van der Waals surface area (Å²) in [5.41, 5.74) is 3.40. The van der Waals surface area contributed by atoms with Gasteiger partial charge in [-0.2, -0.15) is 0 Å². The minimum absolute atomic E-state index is 0.353. The highest BCUT2D eigenvalue weighted by molar-refractivity contribution is 5.63. The Bertz CT molecular complexity index is 504. The fraction of sp³-hybridized carbons (Fsp3) is 0.267. The van der Waals surface area contributed by atoms with Crippen LogP contribution in [0.1, 0.15) is 5.56 Å². The lowest BCUT2D eigenvalue weighted by Gasteiger charge is -2.13. The summed E-state index contributed by atoms with van der Waals surface area (Å²) in [4.78, 5) is 4.42. The van der Waals surface area contributed by atoms with Gasteiger partial charge in [-0.1, -0.05) is 24.3 Å². The quantitative estimate of drug-likeness (QED) is 0.853. The van der Waals surface area contributed by atoms with Gasteiger partial charge in [-0.05, 0) is 23.8 Å². The second kappa shape index (κ2) is 5.29. The lowest BCUT2D eigenvalue weighted by molar-refractivity contribution is 0.551. The molecule has 91 valence electrons. The molecule has 1 aromatic heterocycles. The van der Waals surface area contributed by atoms with E-state index in [0.29, 0.717) is 6.17 Å². The SMILES string of the molecule is [c]1cccc(-c2ccccn2)c1CC1NCCN1. The monoisotopic (exact) mass is 238 g/mol. The first kappa shape index (κ1) is 11.4. The minimum atomic E-state index is 0.353. The Morgan fingerprint density at radius 3 is 2.83 bits per heavy atom. The van der Waals surface area contributed by atoms with E-state index in [9.17, 15) is 0 Å². The van der Waals surface area contributed by atoms with Crippen molar-refractivity contribution in [3.05, 3.63) is 54.2 Å². The molecule has 1 aromatic carbocycles. The van der Waals surface area contributed by atoms with Crippen molar-refractivity contribution >= 4 is 0 Å². The Morgan fingerprint density at radius 2 is 2.06 bits per heavy atom. The van der Waals surface area contributed by atoms with Crippen LogP contribution in [0.2, 0.25) is 0 Å². The summed E-state index contributed by atoms with van der Waals surface area (Å²) in [7, 11) is 0. The molecule has 0 saturated carbocycles. The highest BCUT2D eigenvalue weighted by Gasteiger charge is 2.15. The number of aromatic nitrogens is 1. The van der Waals surface area contributed by atoms with E-state index in [1.54, 1.807) is 0 Å². The molecular weight excluding hydrogens is 222 g/mol. The molecule has 2 N–H and O–H groups in total. The van der Waals surface area contributed by atoms with Crippen molar-refractivity contribution in [2.45, 2.75) is 12.6 Å². The van der Waals surface area contributed by atoms with Crippen LogP contribution in [-0.2, 0) is 6.42 Å². The van der Waals surface area contributed by atoms with Crippen molar-refractivity contribution in [3.8, 4) is 11.3 Å². The maximum absolute atomic E-state index is 4.42. The number of pyridine rings is 1. The van der Waals surface area contributed by atoms with Crippen LogP contribution < -0.4 is 10.6 Å². The third kappa shape index (κ3) is 2.42. The van der Waals surface area contributed by atoms with Crippen molar-refractivity contribution in [2.24, 2.45) is 0 Å². The van der Waals surface area contributed by atoms with E-state index in [1.807, 2.05) is 36.5 Å². The van der Waals surface area contributed by atoms with Gasteiger partial charge in [-0.15, -0.1) is 0 Å². The molecule has 0 spiro atoms. The Kier molecular flexibility index (Phi) is 3.35. The van der Waals surface area contributed by atoms with Gasteiger partial charge in [0.2, 0.25) is 0 Å². The maximum atomic E-state index is 4.42. The van der Waals surface area contributed by atoms with Gasteiger partial charge in [-0.3, -0.25) is 4.98 Å². The molecule has 0 unspecified atom stereocenters. The molecule has 3 nitrogen and oxygen atoms in total. The second-order valence-corrected chi connectivity index (χ2v) is 4.44. The standard InChI is InChI=1S/C15H16N3/c1-2-6-13(14-7-3-4-8-16-14)12(5-1)11-15-17-9-10-18-15/h1-4,6-8,15,17-18H,9-11H2. The van der Waals surface area contributed by atoms with E-state index in [1.165, 1.54) is 11.1 Å². The predicted octanol–water partition coefficient (Wildman–Crippen LogP) is 1.61. The van der Waals surface area contributed by atoms with Gasteiger partial charge in [0, 0.05) is 31.3 Å². The van der Waals surface area contributed by atoms with E-state index in [0.717, 1.165) is 25.2 Å². The Balaban J connectivity index is 1.90. The van der Waals surface area contributed by atoms with Crippen molar-refractivity contribution < 1.29 is 0 Å². The number of hydrogen-bond acceptors (Lipinski definition) is 3. The highest BCUT2D eigenvalue weighted by Crippen LogP contribution is 2.22. The van der Waals surface area contributed by atoms with Crippen LogP contribution in [0.15, 0.2) is 42.6 Å².